The maximum atomic E-state index is 13.5. The van der Waals surface area contributed by atoms with Crippen LogP contribution in [0.2, 0.25) is 0 Å². The summed E-state index contributed by atoms with van der Waals surface area (Å²) >= 11 is 0. The molecule has 0 bridgehead atoms. The number of phenols is 2. The Balaban J connectivity index is 0.00000304. The zero-order chi connectivity index (χ0) is 25.2. The highest BCUT2D eigenvalue weighted by Crippen LogP contribution is 2.50. The van der Waals surface area contributed by atoms with Crippen LogP contribution in [-0.2, 0) is 15.9 Å². The average Bonchev–Trinajstić information content (AvgIpc) is 2.84. The van der Waals surface area contributed by atoms with Crippen molar-refractivity contribution in [3.05, 3.63) is 51.6 Å². The minimum absolute atomic E-state index is 0. The van der Waals surface area contributed by atoms with Gasteiger partial charge in [0.25, 0.3) is 0 Å². The number of carbonyl (C=O) groups excluding carboxylic acids is 2. The van der Waals surface area contributed by atoms with Gasteiger partial charge in [0.2, 0.25) is 5.78 Å². The number of fused-ring (bicyclic) bond motifs is 3. The van der Waals surface area contributed by atoms with Crippen molar-refractivity contribution in [3.8, 4) is 17.2 Å². The standard InChI is InChI=1S/C25H27NO9.ClH/c1-9-21(28)20(26)15(8-34-9)35-14-7-10(27)6-12-17(14)25(32)19-18(23(12)30)22(29)11-4-3-5-13(33-2)16(11)24(19)31;/h3-5,9-10,14-15,20-21,27-28,30,32H,6-8,26H2,1-2H3;1H/t9-,10-,14-,15+,20-,21+;/m0./s1. The van der Waals surface area contributed by atoms with E-state index in [0.29, 0.717) is 0 Å². The minimum Gasteiger partial charge on any atom is -0.507 e. The first-order chi connectivity index (χ1) is 16.6. The zero-order valence-corrected chi connectivity index (χ0v) is 20.4. The van der Waals surface area contributed by atoms with Crippen LogP contribution in [0.25, 0.3) is 0 Å². The summed E-state index contributed by atoms with van der Waals surface area (Å²) in [6, 6.07) is 3.74. The molecule has 0 spiro atoms. The van der Waals surface area contributed by atoms with Crippen LogP contribution >= 0.6 is 12.4 Å². The Morgan fingerprint density at radius 1 is 1.06 bits per heavy atom. The molecule has 1 fully saturated rings. The number of aliphatic hydroxyl groups is 2. The van der Waals surface area contributed by atoms with Crippen LogP contribution in [0.15, 0.2) is 18.2 Å². The van der Waals surface area contributed by atoms with Crippen LogP contribution in [0, 0.1) is 0 Å². The highest BCUT2D eigenvalue weighted by Gasteiger charge is 2.44. The molecule has 0 saturated carbocycles. The van der Waals surface area contributed by atoms with Crippen molar-refractivity contribution in [2.24, 2.45) is 5.73 Å². The van der Waals surface area contributed by atoms with E-state index in [0.717, 1.165) is 0 Å². The van der Waals surface area contributed by atoms with E-state index in [1.165, 1.54) is 19.2 Å². The van der Waals surface area contributed by atoms with Crippen LogP contribution in [0.1, 0.15) is 62.4 Å². The van der Waals surface area contributed by atoms with Crippen LogP contribution in [-0.4, -0.2) is 76.2 Å². The van der Waals surface area contributed by atoms with Gasteiger partial charge in [-0.25, -0.2) is 0 Å². The van der Waals surface area contributed by atoms with Gasteiger partial charge in [-0.15, -0.1) is 12.4 Å². The number of ether oxygens (including phenoxy) is 3. The van der Waals surface area contributed by atoms with Gasteiger partial charge in [0.05, 0.1) is 67.0 Å². The van der Waals surface area contributed by atoms with Gasteiger partial charge >= 0.3 is 0 Å². The maximum Gasteiger partial charge on any atom is 0.202 e. The number of carbonyl (C=O) groups is 2. The number of hydrogen-bond acceptors (Lipinski definition) is 10. The van der Waals surface area contributed by atoms with E-state index in [1.54, 1.807) is 13.0 Å². The van der Waals surface area contributed by atoms with E-state index < -0.39 is 59.6 Å². The largest absolute Gasteiger partial charge is 0.507 e. The van der Waals surface area contributed by atoms with Gasteiger partial charge in [-0.3, -0.25) is 9.59 Å². The van der Waals surface area contributed by atoms with Crippen LogP contribution in [0.3, 0.4) is 0 Å². The number of aromatic hydroxyl groups is 2. The van der Waals surface area contributed by atoms with E-state index in [-0.39, 0.29) is 71.0 Å². The van der Waals surface area contributed by atoms with Gasteiger partial charge < -0.3 is 40.4 Å². The van der Waals surface area contributed by atoms with Crippen molar-refractivity contribution in [1.82, 2.24) is 0 Å². The quantitative estimate of drug-likeness (QED) is 0.315. The number of rotatable bonds is 3. The fourth-order valence-corrected chi connectivity index (χ4v) is 5.31. The first kappa shape index (κ1) is 26.3. The highest BCUT2D eigenvalue weighted by molar-refractivity contribution is 6.31. The number of ketones is 2. The Morgan fingerprint density at radius 2 is 1.75 bits per heavy atom. The molecular formula is C25H28ClNO9. The molecule has 194 valence electrons. The van der Waals surface area contributed by atoms with Gasteiger partial charge in [-0.1, -0.05) is 12.1 Å². The molecule has 1 saturated heterocycles. The summed E-state index contributed by atoms with van der Waals surface area (Å²) in [6.45, 7) is 1.76. The van der Waals surface area contributed by atoms with Crippen LogP contribution < -0.4 is 10.5 Å². The molecule has 2 aliphatic carbocycles. The van der Waals surface area contributed by atoms with E-state index in [9.17, 15) is 30.0 Å². The number of benzene rings is 2. The van der Waals surface area contributed by atoms with Gasteiger partial charge in [-0.2, -0.15) is 0 Å². The third kappa shape index (κ3) is 3.85. The van der Waals surface area contributed by atoms with E-state index >= 15 is 0 Å². The number of halogens is 1. The van der Waals surface area contributed by atoms with Crippen LogP contribution in [0.4, 0.5) is 0 Å². The lowest BCUT2D eigenvalue weighted by Gasteiger charge is -2.40. The molecule has 1 heterocycles. The minimum atomic E-state index is -0.990. The second kappa shape index (κ2) is 9.62. The fourth-order valence-electron chi connectivity index (χ4n) is 5.31. The summed E-state index contributed by atoms with van der Waals surface area (Å²) < 4.78 is 16.9. The summed E-state index contributed by atoms with van der Waals surface area (Å²) in [4.78, 5) is 26.9. The topological polar surface area (TPSA) is 169 Å². The molecule has 6 N–H and O–H groups in total. The number of phenolic OH excluding ortho intramolecular Hbond substituents is 2. The maximum absolute atomic E-state index is 13.5. The number of hydrogen-bond donors (Lipinski definition) is 5. The lowest BCUT2D eigenvalue weighted by Crippen LogP contribution is -2.57. The second-order valence-electron chi connectivity index (χ2n) is 9.24. The normalized spacial score (nSPS) is 29.0. The Morgan fingerprint density at radius 3 is 2.44 bits per heavy atom. The number of methoxy groups -OCH3 is 1. The van der Waals surface area contributed by atoms with Crippen molar-refractivity contribution in [2.75, 3.05) is 13.7 Å². The molecule has 5 rings (SSSR count). The first-order valence-corrected chi connectivity index (χ1v) is 11.4. The molecule has 2 aromatic carbocycles. The van der Waals surface area contributed by atoms with Gasteiger partial charge in [0.1, 0.15) is 17.2 Å². The fraction of sp³-hybridized carbons (Fsp3) is 0.440. The molecule has 1 aliphatic heterocycles. The van der Waals surface area contributed by atoms with Crippen LogP contribution in [0.5, 0.6) is 17.2 Å². The molecular weight excluding hydrogens is 494 g/mol. The van der Waals surface area contributed by atoms with Gasteiger partial charge in [-0.05, 0) is 13.0 Å². The molecule has 0 amide bonds. The summed E-state index contributed by atoms with van der Waals surface area (Å²) in [7, 11) is 1.36. The lowest BCUT2D eigenvalue weighted by molar-refractivity contribution is -0.167. The van der Waals surface area contributed by atoms with Crippen molar-refractivity contribution >= 4 is 24.0 Å². The Hall–Kier alpha value is -2.73. The molecule has 0 radical (unpaired) electrons. The van der Waals surface area contributed by atoms with E-state index in [2.05, 4.69) is 0 Å². The smallest absolute Gasteiger partial charge is 0.202 e. The molecule has 36 heavy (non-hydrogen) atoms. The molecule has 2 aromatic rings. The Bertz CT molecular complexity index is 1230. The van der Waals surface area contributed by atoms with Crippen molar-refractivity contribution in [1.29, 1.82) is 0 Å². The monoisotopic (exact) mass is 521 g/mol. The second-order valence-corrected chi connectivity index (χ2v) is 9.24. The Labute approximate surface area is 213 Å². The number of nitrogens with two attached hydrogens (primary N) is 1. The summed E-state index contributed by atoms with van der Waals surface area (Å²) in [5.41, 5.74) is 5.76. The predicted molar refractivity (Wildman–Crippen MR) is 128 cm³/mol. The van der Waals surface area contributed by atoms with E-state index in [4.69, 9.17) is 19.9 Å². The van der Waals surface area contributed by atoms with Gasteiger partial charge in [0, 0.05) is 29.5 Å². The summed E-state index contributed by atoms with van der Waals surface area (Å²) in [6.07, 6.45) is -4.21. The Kier molecular flexibility index (Phi) is 7.04. The molecule has 0 unspecified atom stereocenters. The molecule has 3 aliphatic rings. The third-order valence-corrected chi connectivity index (χ3v) is 7.18. The van der Waals surface area contributed by atoms with Crippen molar-refractivity contribution in [2.45, 2.75) is 56.3 Å². The average molecular weight is 522 g/mol. The molecule has 6 atom stereocenters. The molecule has 10 nitrogen and oxygen atoms in total. The third-order valence-electron chi connectivity index (χ3n) is 7.18. The van der Waals surface area contributed by atoms with E-state index in [1.807, 2.05) is 0 Å². The molecule has 11 heteroatoms. The van der Waals surface area contributed by atoms with Crippen molar-refractivity contribution < 1.29 is 44.2 Å². The SMILES string of the molecule is COc1cccc2c1C(=O)c1c(O)c3c(c(O)c1C2=O)C[C@H](O)C[C@@H]3O[C@@H]1CO[C@@H](C)[C@@H](O)[C@H]1N.Cl. The summed E-state index contributed by atoms with van der Waals surface area (Å²) in [5.74, 6) is -2.13. The summed E-state index contributed by atoms with van der Waals surface area (Å²) in [5, 5.41) is 43.3. The highest BCUT2D eigenvalue weighted by atomic mass is 35.5. The zero-order valence-electron chi connectivity index (χ0n) is 19.6. The van der Waals surface area contributed by atoms with Gasteiger partial charge in [0.15, 0.2) is 5.78 Å². The first-order valence-electron chi connectivity index (χ1n) is 11.4. The predicted octanol–water partition coefficient (Wildman–Crippen LogP) is 1.14. The van der Waals surface area contributed by atoms with Crippen molar-refractivity contribution in [3.63, 3.8) is 0 Å². The molecule has 0 aromatic heterocycles. The number of aliphatic hydroxyl groups excluding tert-OH is 2. The lowest BCUT2D eigenvalue weighted by atomic mass is 9.76.